The molecule has 26 heavy (non-hydrogen) atoms. The van der Waals surface area contributed by atoms with Crippen molar-refractivity contribution in [3.8, 4) is 11.5 Å². The average molecular weight is 354 g/mol. The predicted octanol–water partition coefficient (Wildman–Crippen LogP) is 4.66. The lowest BCUT2D eigenvalue weighted by Crippen LogP contribution is -2.27. The lowest BCUT2D eigenvalue weighted by atomic mass is 10.0. The van der Waals surface area contributed by atoms with Gasteiger partial charge in [-0.25, -0.2) is 0 Å². The molecule has 0 saturated carbocycles. The summed E-state index contributed by atoms with van der Waals surface area (Å²) in [6.45, 7) is 7.05. The van der Waals surface area contributed by atoms with Crippen LogP contribution in [0.4, 0.5) is 5.69 Å². The zero-order chi connectivity index (χ0) is 18.5. The molecule has 1 amide bonds. The van der Waals surface area contributed by atoms with Gasteiger partial charge in [-0.3, -0.25) is 9.79 Å². The van der Waals surface area contributed by atoms with Crippen LogP contribution in [0.5, 0.6) is 11.5 Å². The van der Waals surface area contributed by atoms with Crippen LogP contribution in [0.3, 0.4) is 0 Å². The van der Waals surface area contributed by atoms with Crippen LogP contribution in [-0.4, -0.2) is 37.8 Å². The van der Waals surface area contributed by atoms with Crippen LogP contribution in [0, 0.1) is 0 Å². The van der Waals surface area contributed by atoms with E-state index in [4.69, 9.17) is 9.47 Å². The van der Waals surface area contributed by atoms with Gasteiger partial charge in [0.1, 0.15) is 0 Å². The van der Waals surface area contributed by atoms with Crippen molar-refractivity contribution in [2.24, 2.45) is 4.99 Å². The molecule has 1 aromatic rings. The molecule has 0 aromatic heterocycles. The number of ether oxygens (including phenoxy) is 2. The summed E-state index contributed by atoms with van der Waals surface area (Å²) in [5.41, 5.74) is 3.42. The van der Waals surface area contributed by atoms with Gasteiger partial charge in [0.15, 0.2) is 11.5 Å². The van der Waals surface area contributed by atoms with Crippen molar-refractivity contribution in [1.29, 1.82) is 0 Å². The van der Waals surface area contributed by atoms with Gasteiger partial charge in [-0.15, -0.1) is 0 Å². The fourth-order valence-electron chi connectivity index (χ4n) is 3.41. The van der Waals surface area contributed by atoms with E-state index in [1.165, 1.54) is 5.57 Å². The summed E-state index contributed by atoms with van der Waals surface area (Å²) in [5, 5.41) is 0. The molecule has 1 aliphatic heterocycles. The normalized spacial score (nSPS) is 15.8. The molecule has 3 rings (SSSR count). The quantitative estimate of drug-likeness (QED) is 0.529. The predicted molar refractivity (Wildman–Crippen MR) is 104 cm³/mol. The van der Waals surface area contributed by atoms with E-state index in [1.807, 2.05) is 4.90 Å². The summed E-state index contributed by atoms with van der Waals surface area (Å²) >= 11 is 0. The number of aliphatic imine (C=N–C) groups is 1. The first-order chi connectivity index (χ1) is 12.7. The van der Waals surface area contributed by atoms with Gasteiger partial charge in [-0.05, 0) is 50.1 Å². The van der Waals surface area contributed by atoms with Crippen molar-refractivity contribution >= 4 is 18.3 Å². The number of allylic oxidation sites excluding steroid dienone is 2. The van der Waals surface area contributed by atoms with Gasteiger partial charge in [0, 0.05) is 18.3 Å². The minimum Gasteiger partial charge on any atom is -0.493 e. The standard InChI is InChI=1S/C21H26N2O3/c1-4-5-12-26-20-14-17(22-2)16(13-19(20)25-3)21(24)23-11-10-15-8-6-7-9-18(15)23/h7,9,13-14H,2,4-6,8,10-12H2,1,3H3. The fourth-order valence-corrected chi connectivity index (χ4v) is 3.41. The summed E-state index contributed by atoms with van der Waals surface area (Å²) in [4.78, 5) is 19.1. The number of rotatable bonds is 7. The van der Waals surface area contributed by atoms with Crippen molar-refractivity contribution in [1.82, 2.24) is 4.90 Å². The third-order valence-corrected chi connectivity index (χ3v) is 4.86. The van der Waals surface area contributed by atoms with Gasteiger partial charge in [0.05, 0.1) is 25.0 Å². The highest BCUT2D eigenvalue weighted by Crippen LogP contribution is 2.38. The Balaban J connectivity index is 1.91. The van der Waals surface area contributed by atoms with E-state index >= 15 is 0 Å². The number of benzene rings is 1. The molecule has 5 heteroatoms. The van der Waals surface area contributed by atoms with E-state index in [0.717, 1.165) is 37.8 Å². The smallest absolute Gasteiger partial charge is 0.260 e. The summed E-state index contributed by atoms with van der Waals surface area (Å²) < 4.78 is 11.3. The largest absolute Gasteiger partial charge is 0.493 e. The fraction of sp³-hybridized carbons (Fsp3) is 0.429. The van der Waals surface area contributed by atoms with Gasteiger partial charge in [0.2, 0.25) is 0 Å². The SMILES string of the molecule is C=Nc1cc(OCCCC)c(OC)cc1C(=O)N1CCC2=C1C=CCC2. The van der Waals surface area contributed by atoms with Crippen molar-refractivity contribution < 1.29 is 14.3 Å². The Hall–Kier alpha value is -2.56. The summed E-state index contributed by atoms with van der Waals surface area (Å²) in [5.74, 6) is 1.07. The third-order valence-electron chi connectivity index (χ3n) is 4.86. The average Bonchev–Trinajstić information content (AvgIpc) is 3.11. The molecule has 1 aromatic carbocycles. The zero-order valence-electron chi connectivity index (χ0n) is 15.6. The van der Waals surface area contributed by atoms with E-state index in [1.54, 1.807) is 19.2 Å². The highest BCUT2D eigenvalue weighted by atomic mass is 16.5. The molecular formula is C21H26N2O3. The Morgan fingerprint density at radius 3 is 2.88 bits per heavy atom. The Morgan fingerprint density at radius 2 is 2.15 bits per heavy atom. The minimum absolute atomic E-state index is 0.0673. The van der Waals surface area contributed by atoms with E-state index < -0.39 is 0 Å². The second kappa shape index (κ2) is 8.21. The Bertz CT molecular complexity index is 765. The van der Waals surface area contributed by atoms with Crippen LogP contribution in [0.1, 0.15) is 49.4 Å². The molecular weight excluding hydrogens is 328 g/mol. The Kier molecular flexibility index (Phi) is 5.76. The van der Waals surface area contributed by atoms with Crippen molar-refractivity contribution in [3.63, 3.8) is 0 Å². The van der Waals surface area contributed by atoms with Gasteiger partial charge in [-0.1, -0.05) is 19.4 Å². The first-order valence-electron chi connectivity index (χ1n) is 9.21. The minimum atomic E-state index is -0.0673. The van der Waals surface area contributed by atoms with E-state index in [2.05, 4.69) is 30.8 Å². The highest BCUT2D eigenvalue weighted by Gasteiger charge is 2.29. The highest BCUT2D eigenvalue weighted by molar-refractivity contribution is 6.01. The lowest BCUT2D eigenvalue weighted by molar-refractivity contribution is 0.0823. The number of amides is 1. The number of unbranched alkanes of at least 4 members (excludes halogenated alkanes) is 1. The van der Waals surface area contributed by atoms with E-state index in [0.29, 0.717) is 35.9 Å². The summed E-state index contributed by atoms with van der Waals surface area (Å²) in [7, 11) is 1.58. The monoisotopic (exact) mass is 354 g/mol. The molecule has 1 heterocycles. The van der Waals surface area contributed by atoms with Crippen LogP contribution in [0.2, 0.25) is 0 Å². The summed E-state index contributed by atoms with van der Waals surface area (Å²) in [6, 6.07) is 3.47. The van der Waals surface area contributed by atoms with Gasteiger partial charge < -0.3 is 14.4 Å². The van der Waals surface area contributed by atoms with Crippen molar-refractivity contribution in [2.45, 2.75) is 39.0 Å². The maximum atomic E-state index is 13.2. The maximum Gasteiger partial charge on any atom is 0.260 e. The molecule has 5 nitrogen and oxygen atoms in total. The zero-order valence-corrected chi connectivity index (χ0v) is 15.6. The van der Waals surface area contributed by atoms with E-state index in [-0.39, 0.29) is 5.91 Å². The second-order valence-corrected chi connectivity index (χ2v) is 6.52. The molecule has 0 saturated heterocycles. The number of nitrogens with zero attached hydrogens (tertiary/aromatic N) is 2. The van der Waals surface area contributed by atoms with Crippen LogP contribution < -0.4 is 9.47 Å². The number of hydrogen-bond acceptors (Lipinski definition) is 4. The second-order valence-electron chi connectivity index (χ2n) is 6.52. The lowest BCUT2D eigenvalue weighted by Gasteiger charge is -2.22. The van der Waals surface area contributed by atoms with Crippen LogP contribution in [-0.2, 0) is 0 Å². The van der Waals surface area contributed by atoms with Crippen molar-refractivity contribution in [2.75, 3.05) is 20.3 Å². The molecule has 0 bridgehead atoms. The van der Waals surface area contributed by atoms with E-state index in [9.17, 15) is 4.79 Å². The maximum absolute atomic E-state index is 13.2. The first-order valence-corrected chi connectivity index (χ1v) is 9.21. The van der Waals surface area contributed by atoms with Gasteiger partial charge >= 0.3 is 0 Å². The number of hydrogen-bond donors (Lipinski definition) is 0. The number of methoxy groups -OCH3 is 1. The molecule has 138 valence electrons. The number of carbonyl (C=O) groups excluding carboxylic acids is 1. The summed E-state index contributed by atoms with van der Waals surface area (Å²) in [6.07, 6.45) is 9.22. The van der Waals surface area contributed by atoms with Crippen LogP contribution in [0.25, 0.3) is 0 Å². The Morgan fingerprint density at radius 1 is 1.31 bits per heavy atom. The molecule has 0 spiro atoms. The molecule has 0 fully saturated rings. The van der Waals surface area contributed by atoms with Crippen LogP contribution in [0.15, 0.2) is 40.5 Å². The topological polar surface area (TPSA) is 51.1 Å². The Labute approximate surface area is 155 Å². The molecule has 2 aliphatic rings. The van der Waals surface area contributed by atoms with Crippen molar-refractivity contribution in [3.05, 3.63) is 41.1 Å². The molecule has 0 unspecified atom stereocenters. The molecule has 0 N–H and O–H groups in total. The number of carbonyl (C=O) groups is 1. The third kappa shape index (κ3) is 3.52. The van der Waals surface area contributed by atoms with Crippen LogP contribution >= 0.6 is 0 Å². The molecule has 1 aliphatic carbocycles. The molecule has 0 atom stereocenters. The first kappa shape index (κ1) is 18.2. The van der Waals surface area contributed by atoms with Gasteiger partial charge in [0.25, 0.3) is 5.91 Å². The van der Waals surface area contributed by atoms with Gasteiger partial charge in [-0.2, -0.15) is 0 Å². The molecule has 0 radical (unpaired) electrons.